The molecule has 3 rings (SSSR count). The van der Waals surface area contributed by atoms with Crippen molar-refractivity contribution in [3.63, 3.8) is 0 Å². The molecule has 0 unspecified atom stereocenters. The molecule has 0 N–H and O–H groups in total. The lowest BCUT2D eigenvalue weighted by Crippen LogP contribution is -2.20. The molecule has 0 saturated heterocycles. The van der Waals surface area contributed by atoms with Gasteiger partial charge >= 0.3 is 0 Å². The van der Waals surface area contributed by atoms with Gasteiger partial charge in [-0.05, 0) is 11.1 Å². The second kappa shape index (κ2) is 3.82. The molecule has 0 fully saturated rings. The van der Waals surface area contributed by atoms with Crippen molar-refractivity contribution in [3.8, 4) is 0 Å². The molecule has 0 amide bonds. The van der Waals surface area contributed by atoms with E-state index in [0.717, 1.165) is 22.3 Å². The fourth-order valence-corrected chi connectivity index (χ4v) is 2.43. The minimum atomic E-state index is -0.139. The maximum atomic E-state index is 12.3. The number of carbonyl (C=O) groups excluding carboxylic acids is 1. The smallest absolute Gasteiger partial charge is 0.193 e. The van der Waals surface area contributed by atoms with Gasteiger partial charge in [0.2, 0.25) is 0 Å². The van der Waals surface area contributed by atoms with Crippen LogP contribution in [-0.4, -0.2) is 12.9 Å². The second-order valence-corrected chi connectivity index (χ2v) is 4.12. The minimum Gasteiger partial charge on any atom is -0.372 e. The molecule has 0 saturated carbocycles. The summed E-state index contributed by atoms with van der Waals surface area (Å²) in [4.78, 5) is 12.3. The first-order valence-corrected chi connectivity index (χ1v) is 5.58. The summed E-state index contributed by atoms with van der Waals surface area (Å²) in [7, 11) is 1.67. The number of rotatable bonds is 1. The summed E-state index contributed by atoms with van der Waals surface area (Å²) >= 11 is 0. The van der Waals surface area contributed by atoms with Gasteiger partial charge in [-0.2, -0.15) is 0 Å². The van der Waals surface area contributed by atoms with Crippen LogP contribution in [0.4, 0.5) is 0 Å². The van der Waals surface area contributed by atoms with E-state index in [1.807, 2.05) is 48.5 Å². The van der Waals surface area contributed by atoms with Crippen LogP contribution in [0.1, 0.15) is 33.2 Å². The van der Waals surface area contributed by atoms with Crippen molar-refractivity contribution in [2.24, 2.45) is 0 Å². The van der Waals surface area contributed by atoms with Gasteiger partial charge < -0.3 is 4.74 Å². The average molecular weight is 224 g/mol. The normalized spacial score (nSPS) is 14.3. The van der Waals surface area contributed by atoms with Crippen molar-refractivity contribution in [2.75, 3.05) is 7.11 Å². The molecule has 2 nitrogen and oxygen atoms in total. The predicted octanol–water partition coefficient (Wildman–Crippen LogP) is 2.97. The third-order valence-electron chi connectivity index (χ3n) is 3.21. The van der Waals surface area contributed by atoms with Crippen molar-refractivity contribution < 1.29 is 9.53 Å². The third-order valence-corrected chi connectivity index (χ3v) is 3.21. The molecule has 2 aromatic carbocycles. The van der Waals surface area contributed by atoms with Gasteiger partial charge in [0.1, 0.15) is 6.10 Å². The number of hydrogen-bond donors (Lipinski definition) is 0. The highest BCUT2D eigenvalue weighted by Crippen LogP contribution is 2.36. The van der Waals surface area contributed by atoms with E-state index in [0.29, 0.717) is 0 Å². The molecule has 0 aliphatic heterocycles. The Morgan fingerprint density at radius 2 is 1.35 bits per heavy atom. The zero-order valence-electron chi connectivity index (χ0n) is 9.51. The number of ether oxygens (including phenoxy) is 1. The highest BCUT2D eigenvalue weighted by atomic mass is 16.5. The van der Waals surface area contributed by atoms with E-state index < -0.39 is 0 Å². The topological polar surface area (TPSA) is 26.3 Å². The molecular weight excluding hydrogens is 212 g/mol. The highest BCUT2D eigenvalue weighted by molar-refractivity contribution is 6.12. The Labute approximate surface area is 99.9 Å². The van der Waals surface area contributed by atoms with Crippen molar-refractivity contribution in [1.29, 1.82) is 0 Å². The maximum absolute atomic E-state index is 12.3. The molecule has 0 heterocycles. The molecule has 0 atom stereocenters. The summed E-state index contributed by atoms with van der Waals surface area (Å²) in [6.45, 7) is 0. The molecule has 0 radical (unpaired) electrons. The zero-order chi connectivity index (χ0) is 11.8. The van der Waals surface area contributed by atoms with Crippen molar-refractivity contribution >= 4 is 5.78 Å². The number of hydrogen-bond acceptors (Lipinski definition) is 2. The van der Waals surface area contributed by atoms with Gasteiger partial charge in [-0.25, -0.2) is 0 Å². The van der Waals surface area contributed by atoms with Gasteiger partial charge in [0.05, 0.1) is 0 Å². The molecule has 1 aliphatic carbocycles. The Balaban J connectivity index is 2.29. The highest BCUT2D eigenvalue weighted by Gasteiger charge is 2.30. The van der Waals surface area contributed by atoms with Crippen LogP contribution in [0.5, 0.6) is 0 Å². The van der Waals surface area contributed by atoms with Crippen molar-refractivity contribution in [3.05, 3.63) is 70.8 Å². The molecule has 2 heteroatoms. The molecular formula is C15H12O2. The van der Waals surface area contributed by atoms with Gasteiger partial charge in [0.15, 0.2) is 5.78 Å². The standard InChI is InChI=1S/C15H12O2/c1-17-15-12-8-4-2-6-10(12)14(16)11-7-3-5-9-13(11)15/h2-9,15H,1H3. The van der Waals surface area contributed by atoms with Crippen LogP contribution < -0.4 is 0 Å². The predicted molar refractivity (Wildman–Crippen MR) is 65.2 cm³/mol. The fraction of sp³-hybridized carbons (Fsp3) is 0.133. The van der Waals surface area contributed by atoms with Crippen molar-refractivity contribution in [1.82, 2.24) is 0 Å². The van der Waals surface area contributed by atoms with E-state index in [1.165, 1.54) is 0 Å². The summed E-state index contributed by atoms with van der Waals surface area (Å²) in [6.07, 6.45) is -0.139. The fourth-order valence-electron chi connectivity index (χ4n) is 2.43. The molecule has 0 spiro atoms. The zero-order valence-corrected chi connectivity index (χ0v) is 9.51. The van der Waals surface area contributed by atoms with E-state index >= 15 is 0 Å². The Morgan fingerprint density at radius 1 is 0.882 bits per heavy atom. The number of carbonyl (C=O) groups is 1. The number of ketones is 1. The monoisotopic (exact) mass is 224 g/mol. The first-order chi connectivity index (χ1) is 8.33. The summed E-state index contributed by atoms with van der Waals surface area (Å²) in [5.74, 6) is 0.0875. The summed E-state index contributed by atoms with van der Waals surface area (Å²) < 4.78 is 5.54. The molecule has 84 valence electrons. The van der Waals surface area contributed by atoms with Crippen LogP contribution in [-0.2, 0) is 4.74 Å². The van der Waals surface area contributed by atoms with Gasteiger partial charge in [0, 0.05) is 18.2 Å². The second-order valence-electron chi connectivity index (χ2n) is 4.12. The minimum absolute atomic E-state index is 0.0875. The van der Waals surface area contributed by atoms with E-state index in [-0.39, 0.29) is 11.9 Å². The van der Waals surface area contributed by atoms with Crippen LogP contribution >= 0.6 is 0 Å². The molecule has 0 bridgehead atoms. The SMILES string of the molecule is COC1c2ccccc2C(=O)c2ccccc21. The van der Waals surface area contributed by atoms with E-state index in [9.17, 15) is 4.79 Å². The number of benzene rings is 2. The van der Waals surface area contributed by atoms with Crippen LogP contribution in [0.25, 0.3) is 0 Å². The first-order valence-electron chi connectivity index (χ1n) is 5.58. The quantitative estimate of drug-likeness (QED) is 0.744. The number of fused-ring (bicyclic) bond motifs is 2. The molecule has 1 aliphatic rings. The lowest BCUT2D eigenvalue weighted by atomic mass is 9.83. The van der Waals surface area contributed by atoms with Crippen LogP contribution in [0.3, 0.4) is 0 Å². The molecule has 0 aromatic heterocycles. The Hall–Kier alpha value is -1.93. The summed E-state index contributed by atoms with van der Waals surface area (Å²) in [6, 6.07) is 15.3. The van der Waals surface area contributed by atoms with E-state index in [2.05, 4.69) is 0 Å². The van der Waals surface area contributed by atoms with Crippen LogP contribution in [0.15, 0.2) is 48.5 Å². The first kappa shape index (κ1) is 10.2. The van der Waals surface area contributed by atoms with Crippen molar-refractivity contribution in [2.45, 2.75) is 6.10 Å². The Morgan fingerprint density at radius 3 is 1.82 bits per heavy atom. The maximum Gasteiger partial charge on any atom is 0.193 e. The van der Waals surface area contributed by atoms with Gasteiger partial charge in [-0.1, -0.05) is 48.5 Å². The largest absolute Gasteiger partial charge is 0.372 e. The lowest BCUT2D eigenvalue weighted by Gasteiger charge is -2.26. The average Bonchev–Trinajstić information content (AvgIpc) is 2.40. The Bertz CT molecular complexity index is 537. The molecule has 2 aromatic rings. The van der Waals surface area contributed by atoms with E-state index in [1.54, 1.807) is 7.11 Å². The van der Waals surface area contributed by atoms with Gasteiger partial charge in [0.25, 0.3) is 0 Å². The number of methoxy groups -OCH3 is 1. The third kappa shape index (κ3) is 1.41. The Kier molecular flexibility index (Phi) is 2.30. The van der Waals surface area contributed by atoms with Crippen LogP contribution in [0, 0.1) is 0 Å². The van der Waals surface area contributed by atoms with E-state index in [4.69, 9.17) is 4.74 Å². The summed E-state index contributed by atoms with van der Waals surface area (Å²) in [5.41, 5.74) is 3.41. The van der Waals surface area contributed by atoms with Gasteiger partial charge in [-0.3, -0.25) is 4.79 Å². The lowest BCUT2D eigenvalue weighted by molar-refractivity contribution is 0.0986. The summed E-state index contributed by atoms with van der Waals surface area (Å²) in [5, 5.41) is 0. The van der Waals surface area contributed by atoms with Gasteiger partial charge in [-0.15, -0.1) is 0 Å². The van der Waals surface area contributed by atoms with Crippen LogP contribution in [0.2, 0.25) is 0 Å². The molecule has 17 heavy (non-hydrogen) atoms.